The number of carboxylic acid groups (broad SMARTS) is 1. The molecule has 2 aromatic heterocycles. The van der Waals surface area contributed by atoms with E-state index in [-0.39, 0.29) is 11.6 Å². The highest BCUT2D eigenvalue weighted by Gasteiger charge is 2.21. The van der Waals surface area contributed by atoms with Crippen LogP contribution in [0.3, 0.4) is 0 Å². The molecule has 124 valence electrons. The Bertz CT molecular complexity index is 916. The van der Waals surface area contributed by atoms with Gasteiger partial charge < -0.3 is 10.8 Å². The van der Waals surface area contributed by atoms with Crippen molar-refractivity contribution in [1.29, 1.82) is 0 Å². The van der Waals surface area contributed by atoms with Crippen LogP contribution in [-0.4, -0.2) is 25.8 Å². The second kappa shape index (κ2) is 6.33. The molecule has 0 amide bonds. The monoisotopic (exact) mass is 388 g/mol. The highest BCUT2D eigenvalue weighted by molar-refractivity contribution is 9.10. The summed E-state index contributed by atoms with van der Waals surface area (Å²) in [6.07, 6.45) is 0. The first kappa shape index (κ1) is 16.6. The molecular weight excluding hydrogens is 372 g/mol. The zero-order valence-electron chi connectivity index (χ0n) is 13.3. The molecule has 0 saturated heterocycles. The van der Waals surface area contributed by atoms with Gasteiger partial charge >= 0.3 is 5.97 Å². The van der Waals surface area contributed by atoms with Gasteiger partial charge in [0, 0.05) is 18.2 Å². The van der Waals surface area contributed by atoms with Crippen LogP contribution in [0.1, 0.15) is 35.8 Å². The fourth-order valence-corrected chi connectivity index (χ4v) is 3.14. The maximum Gasteiger partial charge on any atom is 0.336 e. The summed E-state index contributed by atoms with van der Waals surface area (Å²) in [4.78, 5) is 16.4. The molecule has 0 aliphatic heterocycles. The molecule has 0 atom stereocenters. The molecule has 0 radical (unpaired) electrons. The lowest BCUT2D eigenvalue weighted by atomic mass is 10.1. The lowest BCUT2D eigenvalue weighted by molar-refractivity contribution is 0.0699. The molecular formula is C17H17BrN4O2. The Morgan fingerprint density at radius 2 is 2.00 bits per heavy atom. The van der Waals surface area contributed by atoms with Gasteiger partial charge in [-0.05, 0) is 41.4 Å². The number of carbonyl (C=O) groups is 1. The van der Waals surface area contributed by atoms with E-state index in [1.807, 2.05) is 38.1 Å². The number of halogens is 1. The molecule has 6 nitrogen and oxygen atoms in total. The predicted octanol–water partition coefficient (Wildman–Crippen LogP) is 3.60. The molecule has 0 spiro atoms. The van der Waals surface area contributed by atoms with Crippen molar-refractivity contribution in [3.05, 3.63) is 46.1 Å². The van der Waals surface area contributed by atoms with E-state index in [2.05, 4.69) is 26.0 Å². The van der Waals surface area contributed by atoms with Crippen molar-refractivity contribution in [1.82, 2.24) is 14.8 Å². The van der Waals surface area contributed by atoms with E-state index in [1.165, 1.54) is 0 Å². The van der Waals surface area contributed by atoms with Gasteiger partial charge in [-0.3, -0.25) is 0 Å². The van der Waals surface area contributed by atoms with Gasteiger partial charge in [-0.15, -0.1) is 0 Å². The highest BCUT2D eigenvalue weighted by atomic mass is 79.9. The first-order valence-corrected chi connectivity index (χ1v) is 8.33. The number of nitrogens with two attached hydrogens (primary N) is 1. The van der Waals surface area contributed by atoms with Gasteiger partial charge in [0.25, 0.3) is 0 Å². The van der Waals surface area contributed by atoms with Crippen LogP contribution < -0.4 is 5.73 Å². The second-order valence-corrected chi connectivity index (χ2v) is 6.54. The number of fused-ring (bicyclic) bond motifs is 1. The second-order valence-electron chi connectivity index (χ2n) is 5.79. The summed E-state index contributed by atoms with van der Waals surface area (Å²) in [7, 11) is 0. The third-order valence-corrected chi connectivity index (χ3v) is 4.38. The van der Waals surface area contributed by atoms with Gasteiger partial charge in [-0.1, -0.05) is 24.3 Å². The van der Waals surface area contributed by atoms with Crippen molar-refractivity contribution in [3.8, 4) is 11.3 Å². The Balaban J connectivity index is 2.29. The van der Waals surface area contributed by atoms with Crippen LogP contribution in [0.2, 0.25) is 0 Å². The Labute approximate surface area is 147 Å². The first-order valence-electron chi connectivity index (χ1n) is 7.53. The Morgan fingerprint density at radius 1 is 1.33 bits per heavy atom. The van der Waals surface area contributed by atoms with Crippen molar-refractivity contribution >= 4 is 32.9 Å². The van der Waals surface area contributed by atoms with Crippen LogP contribution in [0.4, 0.5) is 0 Å². The minimum absolute atomic E-state index is 0.0582. The van der Waals surface area contributed by atoms with Gasteiger partial charge in [-0.2, -0.15) is 5.10 Å². The smallest absolute Gasteiger partial charge is 0.336 e. The summed E-state index contributed by atoms with van der Waals surface area (Å²) < 4.78 is 2.21. The molecule has 3 aromatic rings. The highest BCUT2D eigenvalue weighted by Crippen LogP contribution is 2.31. The number of rotatable bonds is 4. The lowest BCUT2D eigenvalue weighted by Crippen LogP contribution is -2.05. The molecule has 3 rings (SSSR count). The van der Waals surface area contributed by atoms with Gasteiger partial charge in [0.1, 0.15) is 4.60 Å². The zero-order chi connectivity index (χ0) is 17.4. The third-order valence-electron chi connectivity index (χ3n) is 3.82. The van der Waals surface area contributed by atoms with Crippen molar-refractivity contribution in [3.63, 3.8) is 0 Å². The standard InChI is InChI=1S/C17H17BrN4O2/c1-9(2)22-16-14(15(18)21-22)12(17(23)24)7-13(20-16)11-5-3-10(8-19)4-6-11/h3-7,9H,8,19H2,1-2H3,(H,23,24). The first-order chi connectivity index (χ1) is 11.4. The van der Waals surface area contributed by atoms with Crippen molar-refractivity contribution in [2.75, 3.05) is 0 Å². The maximum atomic E-state index is 11.7. The van der Waals surface area contributed by atoms with E-state index in [0.29, 0.717) is 27.9 Å². The zero-order valence-corrected chi connectivity index (χ0v) is 14.9. The minimum Gasteiger partial charge on any atom is -0.478 e. The van der Waals surface area contributed by atoms with E-state index in [1.54, 1.807) is 10.7 Å². The topological polar surface area (TPSA) is 94.0 Å². The molecule has 0 fully saturated rings. The molecule has 3 N–H and O–H groups in total. The summed E-state index contributed by atoms with van der Waals surface area (Å²) in [5.41, 5.74) is 8.79. The van der Waals surface area contributed by atoms with Crippen molar-refractivity contribution in [2.24, 2.45) is 5.73 Å². The Morgan fingerprint density at radius 3 is 2.54 bits per heavy atom. The summed E-state index contributed by atoms with van der Waals surface area (Å²) in [6, 6.07) is 9.26. The number of benzene rings is 1. The van der Waals surface area contributed by atoms with Gasteiger partial charge in [-0.25, -0.2) is 14.5 Å². The number of nitrogens with zero attached hydrogens (tertiary/aromatic N) is 3. The minimum atomic E-state index is -1.01. The summed E-state index contributed by atoms with van der Waals surface area (Å²) in [5.74, 6) is -1.01. The number of hydrogen-bond donors (Lipinski definition) is 2. The van der Waals surface area contributed by atoms with Gasteiger partial charge in [0.2, 0.25) is 0 Å². The molecule has 0 saturated carbocycles. The molecule has 2 heterocycles. The van der Waals surface area contributed by atoms with E-state index in [0.717, 1.165) is 11.1 Å². The van der Waals surface area contributed by atoms with Crippen LogP contribution in [0.5, 0.6) is 0 Å². The molecule has 0 unspecified atom stereocenters. The number of hydrogen-bond acceptors (Lipinski definition) is 4. The third kappa shape index (κ3) is 2.81. The number of aromatic nitrogens is 3. The Hall–Kier alpha value is -2.25. The van der Waals surface area contributed by atoms with E-state index in [9.17, 15) is 9.90 Å². The number of aromatic carboxylic acids is 1. The largest absolute Gasteiger partial charge is 0.478 e. The van der Waals surface area contributed by atoms with E-state index in [4.69, 9.17) is 5.73 Å². The SMILES string of the molecule is CC(C)n1nc(Br)c2c(C(=O)O)cc(-c3ccc(CN)cc3)nc21. The fourth-order valence-electron chi connectivity index (χ4n) is 2.58. The summed E-state index contributed by atoms with van der Waals surface area (Å²) in [5, 5.41) is 14.5. The van der Waals surface area contributed by atoms with Crippen LogP contribution in [0.15, 0.2) is 34.9 Å². The predicted molar refractivity (Wildman–Crippen MR) is 95.9 cm³/mol. The molecule has 1 aromatic carbocycles. The quantitative estimate of drug-likeness (QED) is 0.711. The van der Waals surface area contributed by atoms with E-state index >= 15 is 0 Å². The molecule has 0 aliphatic carbocycles. The normalized spacial score (nSPS) is 11.4. The van der Waals surface area contributed by atoms with Crippen molar-refractivity contribution in [2.45, 2.75) is 26.4 Å². The van der Waals surface area contributed by atoms with Gasteiger partial charge in [0.15, 0.2) is 5.65 Å². The van der Waals surface area contributed by atoms with Crippen molar-refractivity contribution < 1.29 is 9.90 Å². The molecule has 0 aliphatic rings. The van der Waals surface area contributed by atoms with Gasteiger partial charge in [0.05, 0.1) is 16.6 Å². The van der Waals surface area contributed by atoms with Crippen LogP contribution >= 0.6 is 15.9 Å². The number of carboxylic acids is 1. The summed E-state index contributed by atoms with van der Waals surface area (Å²) >= 11 is 3.36. The van der Waals surface area contributed by atoms with Crippen LogP contribution in [0.25, 0.3) is 22.3 Å². The Kier molecular flexibility index (Phi) is 4.38. The molecule has 0 bridgehead atoms. The van der Waals surface area contributed by atoms with Crippen LogP contribution in [-0.2, 0) is 6.54 Å². The summed E-state index contributed by atoms with van der Waals surface area (Å²) in [6.45, 7) is 4.41. The number of pyridine rings is 1. The lowest BCUT2D eigenvalue weighted by Gasteiger charge is -2.09. The average molecular weight is 389 g/mol. The molecule has 24 heavy (non-hydrogen) atoms. The fraction of sp³-hybridized carbons (Fsp3) is 0.235. The maximum absolute atomic E-state index is 11.7. The van der Waals surface area contributed by atoms with E-state index < -0.39 is 5.97 Å². The molecule has 7 heteroatoms. The van der Waals surface area contributed by atoms with Crippen LogP contribution in [0, 0.1) is 0 Å². The average Bonchev–Trinajstić information content (AvgIpc) is 2.91.